The molecule has 0 spiro atoms. The van der Waals surface area contributed by atoms with E-state index in [2.05, 4.69) is 15.7 Å². The summed E-state index contributed by atoms with van der Waals surface area (Å²) >= 11 is 0. The minimum Gasteiger partial charge on any atom is -0.345 e. The highest BCUT2D eigenvalue weighted by Crippen LogP contribution is 2.16. The Kier molecular flexibility index (Phi) is 5.89. The fraction of sp³-hybridized carbons (Fsp3) is 0.227. The summed E-state index contributed by atoms with van der Waals surface area (Å²) in [5.74, 6) is -0.712. The van der Waals surface area contributed by atoms with Gasteiger partial charge >= 0.3 is 0 Å². The first kappa shape index (κ1) is 19.4. The Morgan fingerprint density at radius 3 is 1.79 bits per heavy atom. The molecule has 1 heterocycles. The molecule has 28 heavy (non-hydrogen) atoms. The Balaban J connectivity index is 1.75. The zero-order chi connectivity index (χ0) is 20.1. The summed E-state index contributed by atoms with van der Waals surface area (Å²) in [6.45, 7) is 3.80. The summed E-state index contributed by atoms with van der Waals surface area (Å²) in [7, 11) is 1.69. The van der Waals surface area contributed by atoms with Gasteiger partial charge in [-0.15, -0.1) is 0 Å². The summed E-state index contributed by atoms with van der Waals surface area (Å²) in [6, 6.07) is 18.9. The SMILES string of the molecule is C[C@H](NC(=O)c1nn(C)cc1C(=O)N[C@H](C)c1ccccc1)c1ccccc1. The second-order valence-electron chi connectivity index (χ2n) is 6.78. The van der Waals surface area contributed by atoms with Crippen molar-refractivity contribution in [1.29, 1.82) is 0 Å². The molecule has 6 heteroatoms. The van der Waals surface area contributed by atoms with Crippen molar-refractivity contribution in [3.63, 3.8) is 0 Å². The number of carbonyl (C=O) groups is 2. The number of benzene rings is 2. The Morgan fingerprint density at radius 2 is 1.29 bits per heavy atom. The van der Waals surface area contributed by atoms with Crippen LogP contribution in [0, 0.1) is 0 Å². The standard InChI is InChI=1S/C22H24N4O2/c1-15(17-10-6-4-7-11-17)23-21(27)19-14-26(3)25-20(19)22(28)24-16(2)18-12-8-5-9-13-18/h4-16H,1-3H3,(H,23,27)(H,24,28)/t15-,16+/m1/s1. The van der Waals surface area contributed by atoms with E-state index in [9.17, 15) is 9.59 Å². The largest absolute Gasteiger partial charge is 0.345 e. The van der Waals surface area contributed by atoms with Crippen LogP contribution in [0.15, 0.2) is 66.9 Å². The van der Waals surface area contributed by atoms with Crippen molar-refractivity contribution in [3.05, 3.63) is 89.2 Å². The average Bonchev–Trinajstić information content (AvgIpc) is 3.11. The summed E-state index contributed by atoms with van der Waals surface area (Å²) < 4.78 is 1.48. The molecule has 0 aliphatic carbocycles. The van der Waals surface area contributed by atoms with Crippen molar-refractivity contribution in [2.24, 2.45) is 7.05 Å². The number of nitrogens with one attached hydrogen (secondary N) is 2. The van der Waals surface area contributed by atoms with Gasteiger partial charge in [-0.3, -0.25) is 14.3 Å². The summed E-state index contributed by atoms with van der Waals surface area (Å²) in [5.41, 5.74) is 2.34. The number of nitrogens with zero attached hydrogens (tertiary/aromatic N) is 2. The molecule has 144 valence electrons. The Bertz CT molecular complexity index is 874. The monoisotopic (exact) mass is 376 g/mol. The fourth-order valence-electron chi connectivity index (χ4n) is 3.01. The number of hydrogen-bond donors (Lipinski definition) is 2. The molecule has 2 amide bonds. The maximum Gasteiger partial charge on any atom is 0.273 e. The van der Waals surface area contributed by atoms with Gasteiger partial charge in [0.25, 0.3) is 11.8 Å². The third kappa shape index (κ3) is 4.46. The van der Waals surface area contributed by atoms with Crippen LogP contribution >= 0.6 is 0 Å². The molecule has 0 aliphatic heterocycles. The van der Waals surface area contributed by atoms with E-state index >= 15 is 0 Å². The highest BCUT2D eigenvalue weighted by molar-refractivity contribution is 6.06. The van der Waals surface area contributed by atoms with Gasteiger partial charge in [0.2, 0.25) is 0 Å². The van der Waals surface area contributed by atoms with Gasteiger partial charge in [-0.05, 0) is 25.0 Å². The van der Waals surface area contributed by atoms with E-state index in [0.29, 0.717) is 0 Å². The number of carbonyl (C=O) groups excluding carboxylic acids is 2. The lowest BCUT2D eigenvalue weighted by atomic mass is 10.1. The van der Waals surface area contributed by atoms with Crippen molar-refractivity contribution in [1.82, 2.24) is 20.4 Å². The zero-order valence-electron chi connectivity index (χ0n) is 16.2. The molecule has 3 aromatic rings. The summed E-state index contributed by atoms with van der Waals surface area (Å²) in [5, 5.41) is 10.0. The molecule has 0 radical (unpaired) electrons. The van der Waals surface area contributed by atoms with Crippen molar-refractivity contribution in [2.75, 3.05) is 0 Å². The highest BCUT2D eigenvalue weighted by atomic mass is 16.2. The van der Waals surface area contributed by atoms with Crippen molar-refractivity contribution in [3.8, 4) is 0 Å². The Hall–Kier alpha value is -3.41. The van der Waals surface area contributed by atoms with Crippen LogP contribution < -0.4 is 10.6 Å². The van der Waals surface area contributed by atoms with Gasteiger partial charge in [-0.1, -0.05) is 60.7 Å². The number of amides is 2. The molecule has 2 atom stereocenters. The quantitative estimate of drug-likeness (QED) is 0.692. The van der Waals surface area contributed by atoms with E-state index in [-0.39, 0.29) is 35.2 Å². The third-order valence-corrected chi connectivity index (χ3v) is 4.58. The van der Waals surface area contributed by atoms with E-state index in [4.69, 9.17) is 0 Å². The van der Waals surface area contributed by atoms with Crippen molar-refractivity contribution >= 4 is 11.8 Å². The normalized spacial score (nSPS) is 12.8. The van der Waals surface area contributed by atoms with Gasteiger partial charge < -0.3 is 10.6 Å². The Labute approximate surface area is 164 Å². The number of rotatable bonds is 6. The summed E-state index contributed by atoms with van der Waals surface area (Å²) in [6.07, 6.45) is 1.56. The minimum absolute atomic E-state index is 0.114. The lowest BCUT2D eigenvalue weighted by molar-refractivity contribution is 0.0902. The number of hydrogen-bond acceptors (Lipinski definition) is 3. The topological polar surface area (TPSA) is 76.0 Å². The molecular formula is C22H24N4O2. The molecule has 3 rings (SSSR count). The molecule has 2 aromatic carbocycles. The van der Waals surface area contributed by atoms with Gasteiger partial charge in [0.1, 0.15) is 0 Å². The van der Waals surface area contributed by atoms with E-state index in [1.54, 1.807) is 13.2 Å². The maximum atomic E-state index is 12.8. The second-order valence-corrected chi connectivity index (χ2v) is 6.78. The first-order valence-electron chi connectivity index (χ1n) is 9.21. The molecule has 0 bridgehead atoms. The molecule has 0 saturated carbocycles. The molecule has 6 nitrogen and oxygen atoms in total. The fourth-order valence-corrected chi connectivity index (χ4v) is 3.01. The van der Waals surface area contributed by atoms with Gasteiger partial charge in [0.15, 0.2) is 5.69 Å². The predicted molar refractivity (Wildman–Crippen MR) is 108 cm³/mol. The molecule has 0 unspecified atom stereocenters. The Morgan fingerprint density at radius 1 is 0.821 bits per heavy atom. The lowest BCUT2D eigenvalue weighted by Gasteiger charge is -2.15. The first-order valence-corrected chi connectivity index (χ1v) is 9.21. The molecule has 0 aliphatic rings. The smallest absolute Gasteiger partial charge is 0.273 e. The van der Waals surface area contributed by atoms with Crippen LogP contribution in [-0.2, 0) is 7.05 Å². The number of aromatic nitrogens is 2. The van der Waals surface area contributed by atoms with Crippen LogP contribution in [0.1, 0.15) is 57.9 Å². The maximum absolute atomic E-state index is 12.8. The molecule has 0 saturated heterocycles. The van der Waals surface area contributed by atoms with E-state index < -0.39 is 0 Å². The van der Waals surface area contributed by atoms with Gasteiger partial charge in [0.05, 0.1) is 17.6 Å². The van der Waals surface area contributed by atoms with E-state index in [0.717, 1.165) is 11.1 Å². The highest BCUT2D eigenvalue weighted by Gasteiger charge is 2.24. The predicted octanol–water partition coefficient (Wildman–Crippen LogP) is 3.40. The van der Waals surface area contributed by atoms with E-state index in [1.165, 1.54) is 4.68 Å². The van der Waals surface area contributed by atoms with Crippen LogP contribution in [0.2, 0.25) is 0 Å². The van der Waals surface area contributed by atoms with E-state index in [1.807, 2.05) is 74.5 Å². The average molecular weight is 376 g/mol. The van der Waals surface area contributed by atoms with Crippen LogP contribution in [0.3, 0.4) is 0 Å². The van der Waals surface area contributed by atoms with Gasteiger partial charge in [0, 0.05) is 13.2 Å². The lowest BCUT2D eigenvalue weighted by Crippen LogP contribution is -2.31. The number of aryl methyl sites for hydroxylation is 1. The van der Waals surface area contributed by atoms with Crippen molar-refractivity contribution < 1.29 is 9.59 Å². The molecule has 1 aromatic heterocycles. The van der Waals surface area contributed by atoms with Gasteiger partial charge in [-0.2, -0.15) is 5.10 Å². The zero-order valence-corrected chi connectivity index (χ0v) is 16.2. The second kappa shape index (κ2) is 8.52. The first-order chi connectivity index (χ1) is 13.5. The molecule has 2 N–H and O–H groups in total. The molecular weight excluding hydrogens is 352 g/mol. The van der Waals surface area contributed by atoms with Crippen LogP contribution in [-0.4, -0.2) is 21.6 Å². The molecule has 0 fully saturated rings. The summed E-state index contributed by atoms with van der Waals surface area (Å²) in [4.78, 5) is 25.5. The van der Waals surface area contributed by atoms with Crippen LogP contribution in [0.4, 0.5) is 0 Å². The van der Waals surface area contributed by atoms with Gasteiger partial charge in [-0.25, -0.2) is 0 Å². The minimum atomic E-state index is -0.380. The van der Waals surface area contributed by atoms with Crippen LogP contribution in [0.5, 0.6) is 0 Å². The third-order valence-electron chi connectivity index (χ3n) is 4.58. The van der Waals surface area contributed by atoms with Crippen LogP contribution in [0.25, 0.3) is 0 Å². The van der Waals surface area contributed by atoms with Crippen molar-refractivity contribution in [2.45, 2.75) is 25.9 Å².